The molecule has 179 valence electrons. The fraction of sp³-hybridized carbons (Fsp3) is 0.125. The first-order chi connectivity index (χ1) is 16.9. The van der Waals surface area contributed by atoms with Crippen molar-refractivity contribution < 1.29 is 45.7 Å². The molecule has 0 unspecified atom stereocenters. The smallest absolute Gasteiger partial charge is 1.00 e. The van der Waals surface area contributed by atoms with Crippen molar-refractivity contribution in [2.24, 2.45) is 0 Å². The van der Waals surface area contributed by atoms with Crippen LogP contribution in [0.5, 0.6) is 0 Å². The van der Waals surface area contributed by atoms with Crippen molar-refractivity contribution in [1.29, 1.82) is 0 Å². The first-order valence-corrected chi connectivity index (χ1v) is 21.5. The van der Waals surface area contributed by atoms with E-state index in [-0.39, 0.29) is 24.8 Å². The molecule has 0 heterocycles. The molecule has 0 N–H and O–H groups in total. The zero-order valence-corrected chi connectivity index (χ0v) is 25.3. The molecule has 4 heteroatoms. The number of benzene rings is 4. The summed E-state index contributed by atoms with van der Waals surface area (Å²) < 4.78 is 2.48. The van der Waals surface area contributed by atoms with Crippen molar-refractivity contribution in [3.05, 3.63) is 153 Å². The fourth-order valence-corrected chi connectivity index (χ4v) is 32.0. The Labute approximate surface area is 236 Å². The van der Waals surface area contributed by atoms with E-state index in [4.69, 9.17) is 0 Å². The van der Waals surface area contributed by atoms with E-state index in [1.165, 1.54) is 29.6 Å². The summed E-state index contributed by atoms with van der Waals surface area (Å²) in [6.45, 7) is 0. The second-order valence-corrected chi connectivity index (χ2v) is 26.6. The van der Waals surface area contributed by atoms with Crippen LogP contribution in [0, 0.1) is 0 Å². The van der Waals surface area contributed by atoms with E-state index < -0.39 is 26.8 Å². The van der Waals surface area contributed by atoms with Crippen LogP contribution in [0.25, 0.3) is 11.1 Å². The maximum atomic E-state index is 2.52. The van der Waals surface area contributed by atoms with Gasteiger partial charge in [0, 0.05) is 0 Å². The van der Waals surface area contributed by atoms with Gasteiger partial charge in [0.1, 0.15) is 0 Å². The Balaban J connectivity index is 0.00000152. The number of halogens is 2. The van der Waals surface area contributed by atoms with Crippen molar-refractivity contribution in [3.63, 3.8) is 0 Å². The molecule has 0 nitrogen and oxygen atoms in total. The summed E-state index contributed by atoms with van der Waals surface area (Å²) in [5.74, 6) is -1.14. The van der Waals surface area contributed by atoms with E-state index in [9.17, 15) is 0 Å². The minimum atomic E-state index is -2.13. The summed E-state index contributed by atoms with van der Waals surface area (Å²) in [5, 5.41) is 0. The molecule has 6 rings (SSSR count). The van der Waals surface area contributed by atoms with Gasteiger partial charge in [0.25, 0.3) is 0 Å². The Morgan fingerprint density at radius 1 is 0.611 bits per heavy atom. The van der Waals surface area contributed by atoms with Crippen molar-refractivity contribution in [3.8, 4) is 11.1 Å². The number of allylic oxidation sites excluding steroid dienone is 4. The second-order valence-electron chi connectivity index (χ2n) is 9.46. The third-order valence-electron chi connectivity index (χ3n) is 7.38. The average molecular weight is 604 g/mol. The van der Waals surface area contributed by atoms with E-state index >= 15 is 0 Å². The Hall–Kier alpha value is -1.96. The molecule has 0 spiro atoms. The largest absolute Gasteiger partial charge is 1.00 e. The van der Waals surface area contributed by atoms with Gasteiger partial charge < -0.3 is 24.8 Å². The monoisotopic (exact) mass is 601 g/mol. The van der Waals surface area contributed by atoms with Crippen LogP contribution < -0.4 is 24.8 Å². The van der Waals surface area contributed by atoms with E-state index in [0.29, 0.717) is 3.63 Å². The molecule has 0 atom stereocenters. The number of hydrogen-bond donors (Lipinski definition) is 0. The summed E-state index contributed by atoms with van der Waals surface area (Å²) >= 11 is -2.13. The summed E-state index contributed by atoms with van der Waals surface area (Å²) in [6.07, 6.45) is 8.44. The number of fused-ring (bicyclic) bond motifs is 3. The van der Waals surface area contributed by atoms with Gasteiger partial charge in [0.15, 0.2) is 0 Å². The van der Waals surface area contributed by atoms with Crippen LogP contribution in [0.4, 0.5) is 0 Å². The van der Waals surface area contributed by atoms with Gasteiger partial charge in [-0.3, -0.25) is 0 Å². The molecule has 0 saturated heterocycles. The van der Waals surface area contributed by atoms with Gasteiger partial charge >= 0.3 is 213 Å². The number of hydrogen-bond acceptors (Lipinski definition) is 0. The van der Waals surface area contributed by atoms with Crippen LogP contribution in [-0.2, 0) is 33.0 Å². The van der Waals surface area contributed by atoms with Crippen LogP contribution >= 0.6 is 0 Å². The number of rotatable bonds is 7. The molecule has 0 aromatic heterocycles. The minimum Gasteiger partial charge on any atom is -1.00 e. The zero-order chi connectivity index (χ0) is 22.7. The van der Waals surface area contributed by atoms with Crippen molar-refractivity contribution in [2.75, 3.05) is 0 Å². The average Bonchev–Trinajstić information content (AvgIpc) is 3.53. The van der Waals surface area contributed by atoms with Crippen LogP contribution in [0.3, 0.4) is 0 Å². The van der Waals surface area contributed by atoms with Gasteiger partial charge in [-0.2, -0.15) is 0 Å². The maximum absolute atomic E-state index is 2.52. The van der Waals surface area contributed by atoms with Crippen molar-refractivity contribution >= 4 is 5.92 Å². The van der Waals surface area contributed by atoms with E-state index in [0.717, 1.165) is 0 Å². The molecule has 2 aliphatic carbocycles. The van der Waals surface area contributed by atoms with E-state index in [2.05, 4.69) is 127 Å². The van der Waals surface area contributed by atoms with Gasteiger partial charge in [-0.1, -0.05) is 0 Å². The molecule has 0 bridgehead atoms. The van der Waals surface area contributed by atoms with E-state index in [1.807, 2.05) is 3.28 Å². The van der Waals surface area contributed by atoms with Crippen LogP contribution in [0.15, 0.2) is 131 Å². The van der Waals surface area contributed by atoms with Crippen LogP contribution in [0.2, 0.25) is 0 Å². The second kappa shape index (κ2) is 12.5. The van der Waals surface area contributed by atoms with Crippen molar-refractivity contribution in [1.82, 2.24) is 0 Å². The van der Waals surface area contributed by atoms with Crippen LogP contribution in [0.1, 0.15) is 32.3 Å². The zero-order valence-electron chi connectivity index (χ0n) is 20.2. The quantitative estimate of drug-likeness (QED) is 0.281. The minimum absolute atomic E-state index is 0. The molecular weight excluding hydrogens is 575 g/mol. The standard InChI is InChI=1S/C14H15Si.C13H9.C5H5.2ClH.Zr/c1-3-7-13(8-4-1)11-15-12-14-9-5-2-6-10-14;1-3-7-12-10(5-1)9-11-6-2-4-8-13(11)12;1-2-4-5-3-1;;;/h1-10,15H,11-12H2;1-9H;1-3H,4H2;2*1H;/q;;;;;+2/p-2. The summed E-state index contributed by atoms with van der Waals surface area (Å²) in [5.41, 5.74) is 9.28. The van der Waals surface area contributed by atoms with Gasteiger partial charge in [-0.15, -0.1) is 0 Å². The third kappa shape index (κ3) is 5.48. The van der Waals surface area contributed by atoms with Crippen molar-refractivity contribution in [2.45, 2.75) is 22.1 Å². The Bertz CT molecular complexity index is 1260. The molecule has 36 heavy (non-hydrogen) atoms. The predicted molar refractivity (Wildman–Crippen MR) is 143 cm³/mol. The SMILES string of the molecule is C1=CC[C]([Zr+2]([CH]2c3ccccc3-c3ccccc32)[SiH](Cc2ccccc2)Cc2ccccc2)=C1.[Cl-].[Cl-]. The molecule has 0 radical (unpaired) electrons. The molecule has 0 amide bonds. The Morgan fingerprint density at radius 3 is 1.56 bits per heavy atom. The molecule has 0 saturated carbocycles. The summed E-state index contributed by atoms with van der Waals surface area (Å²) in [7, 11) is 0. The molecule has 0 aliphatic heterocycles. The van der Waals surface area contributed by atoms with Gasteiger partial charge in [0.05, 0.1) is 0 Å². The predicted octanol–water partition coefficient (Wildman–Crippen LogP) is 1.51. The molecule has 4 aromatic carbocycles. The topological polar surface area (TPSA) is 0 Å². The first-order valence-electron chi connectivity index (χ1n) is 12.4. The van der Waals surface area contributed by atoms with Gasteiger partial charge in [0.2, 0.25) is 0 Å². The molecule has 2 aliphatic rings. The maximum Gasteiger partial charge on any atom is -1.00 e. The molecule has 4 aromatic rings. The Kier molecular flexibility index (Phi) is 9.42. The van der Waals surface area contributed by atoms with E-state index in [1.54, 1.807) is 22.3 Å². The van der Waals surface area contributed by atoms with Crippen LogP contribution in [-0.4, -0.2) is 5.92 Å². The first kappa shape index (κ1) is 27.1. The summed E-state index contributed by atoms with van der Waals surface area (Å²) in [6, 6.07) is 43.9. The molecular formula is C32H29Cl2SiZr. The van der Waals surface area contributed by atoms with Gasteiger partial charge in [-0.25, -0.2) is 0 Å². The summed E-state index contributed by atoms with van der Waals surface area (Å²) in [4.78, 5) is 0. The molecule has 0 fully saturated rings. The Morgan fingerprint density at radius 2 is 1.08 bits per heavy atom. The van der Waals surface area contributed by atoms with Gasteiger partial charge in [-0.05, 0) is 0 Å². The third-order valence-corrected chi connectivity index (χ3v) is 29.6. The fourth-order valence-electron chi connectivity index (χ4n) is 5.92. The normalized spacial score (nSPS) is 13.4.